The summed E-state index contributed by atoms with van der Waals surface area (Å²) in [5.41, 5.74) is 11.4. The smallest absolute Gasteiger partial charge is 0.253 e. The van der Waals surface area contributed by atoms with Gasteiger partial charge in [-0.3, -0.25) is 0 Å². The lowest BCUT2D eigenvalue weighted by molar-refractivity contribution is 0.346. The van der Waals surface area contributed by atoms with Crippen molar-refractivity contribution in [2.45, 2.75) is 55.8 Å². The molecular weight excluding hydrogens is 843 g/mol. The molecule has 0 atom stereocenters. The van der Waals surface area contributed by atoms with Crippen LogP contribution in [0.4, 0.5) is 22.7 Å². The molecule has 7 aromatic carbocycles. The van der Waals surface area contributed by atoms with Crippen molar-refractivity contribution >= 4 is 33.9 Å². The number of hydrogen-bond acceptors (Lipinski definition) is 6. The highest BCUT2D eigenvalue weighted by molar-refractivity contribution is 5.86. The van der Waals surface area contributed by atoms with Crippen molar-refractivity contribution in [1.29, 1.82) is 15.8 Å². The van der Waals surface area contributed by atoms with Gasteiger partial charge in [-0.2, -0.15) is 15.8 Å². The molecule has 0 aliphatic heterocycles. The maximum absolute atomic E-state index is 9.89. The zero-order chi connectivity index (χ0) is 47.5. The van der Waals surface area contributed by atoms with Crippen molar-refractivity contribution in [3.05, 3.63) is 258 Å². The summed E-state index contributed by atoms with van der Waals surface area (Å²) in [6.07, 6.45) is 18.7. The van der Waals surface area contributed by atoms with Gasteiger partial charge in [0.25, 0.3) is 5.41 Å². The Balaban J connectivity index is 1.12. The van der Waals surface area contributed by atoms with Crippen LogP contribution in [0, 0.1) is 34.0 Å². The van der Waals surface area contributed by atoms with Crippen LogP contribution in [0.15, 0.2) is 224 Å². The van der Waals surface area contributed by atoms with Crippen molar-refractivity contribution in [3.63, 3.8) is 0 Å². The van der Waals surface area contributed by atoms with Crippen LogP contribution in [-0.2, 0) is 10.8 Å². The van der Waals surface area contributed by atoms with Gasteiger partial charge in [-0.25, -0.2) is 0 Å². The van der Waals surface area contributed by atoms with Crippen LogP contribution in [-0.4, -0.2) is 7.11 Å². The quantitative estimate of drug-likeness (QED) is 0.108. The third kappa shape index (κ3) is 9.64. The molecule has 9 rings (SSSR count). The van der Waals surface area contributed by atoms with E-state index in [0.29, 0.717) is 5.56 Å². The highest BCUT2D eigenvalue weighted by Gasteiger charge is 2.36. The predicted octanol–water partition coefficient (Wildman–Crippen LogP) is 15.4. The molecule has 0 amide bonds. The average Bonchev–Trinajstić information content (AvgIpc) is 3.44. The van der Waals surface area contributed by atoms with Crippen LogP contribution in [0.2, 0.25) is 0 Å². The molecule has 0 unspecified atom stereocenters. The van der Waals surface area contributed by atoms with Crippen LogP contribution in [0.25, 0.3) is 11.1 Å². The molecule has 1 saturated carbocycles. The largest absolute Gasteiger partial charge is 0.497 e. The van der Waals surface area contributed by atoms with E-state index in [1.165, 1.54) is 17.5 Å². The molecule has 2 aliphatic carbocycles. The van der Waals surface area contributed by atoms with E-state index in [9.17, 15) is 15.8 Å². The lowest BCUT2D eigenvalue weighted by atomic mass is 9.65. The molecule has 6 heteroatoms. The molecule has 7 aromatic rings. The average molecular weight is 896 g/mol. The molecule has 1 fully saturated rings. The number of allylic oxidation sites excluding steroid dienone is 5. The summed E-state index contributed by atoms with van der Waals surface area (Å²) in [5, 5.41) is 29.7. The zero-order valence-electron chi connectivity index (χ0n) is 38.9. The lowest BCUT2D eigenvalue weighted by Crippen LogP contribution is -2.30. The van der Waals surface area contributed by atoms with Crippen LogP contribution < -0.4 is 14.5 Å². The Bertz CT molecular complexity index is 3030. The van der Waals surface area contributed by atoms with Gasteiger partial charge in [0.15, 0.2) is 0 Å². The van der Waals surface area contributed by atoms with Crippen LogP contribution in [0.1, 0.15) is 78.3 Å². The van der Waals surface area contributed by atoms with Gasteiger partial charge in [0.05, 0.1) is 7.11 Å². The van der Waals surface area contributed by atoms with Gasteiger partial charge in [0, 0.05) is 57.3 Å². The predicted molar refractivity (Wildman–Crippen MR) is 280 cm³/mol. The van der Waals surface area contributed by atoms with E-state index in [1.807, 2.05) is 48.5 Å². The van der Waals surface area contributed by atoms with Gasteiger partial charge >= 0.3 is 0 Å². The Hall–Kier alpha value is -8.63. The fraction of sp³-hybridized carbons (Fsp3) is 0.159. The van der Waals surface area contributed by atoms with E-state index in [4.69, 9.17) is 4.74 Å². The number of benzene rings is 7. The first-order valence-electron chi connectivity index (χ1n) is 23.7. The number of nitrogens with zero attached hydrogens (tertiary/aromatic N) is 5. The van der Waals surface area contributed by atoms with Gasteiger partial charge in [-0.1, -0.05) is 165 Å². The van der Waals surface area contributed by atoms with Crippen LogP contribution in [0.3, 0.4) is 0 Å². The first kappa shape index (κ1) is 45.5. The third-order valence-corrected chi connectivity index (χ3v) is 13.6. The topological polar surface area (TPSA) is 87.1 Å². The number of rotatable bonds is 14. The van der Waals surface area contributed by atoms with Gasteiger partial charge in [-0.05, 0) is 120 Å². The molecule has 0 bridgehead atoms. The van der Waals surface area contributed by atoms with Crippen molar-refractivity contribution in [1.82, 2.24) is 0 Å². The van der Waals surface area contributed by atoms with E-state index >= 15 is 0 Å². The molecule has 6 nitrogen and oxygen atoms in total. The highest BCUT2D eigenvalue weighted by Crippen LogP contribution is 2.47. The van der Waals surface area contributed by atoms with Crippen molar-refractivity contribution in [3.8, 4) is 24.0 Å². The monoisotopic (exact) mass is 895 g/mol. The third-order valence-electron chi connectivity index (χ3n) is 13.6. The Morgan fingerprint density at radius 2 is 0.928 bits per heavy atom. The van der Waals surface area contributed by atoms with Crippen molar-refractivity contribution < 1.29 is 4.74 Å². The standard InChI is InChI=1S/C63H53N5O/c1-69-59-39-37-58(38-40-59)68(44-61(50-21-11-4-12-22-50)51-23-13-5-14-24-51)57-35-29-54(30-36-57)63(41-15-6-16-42-63)53-27-33-56(34-28-53)67(55-31-25-52(26-32-55)62(45-64,46-65)47-66)43-60(48-17-7-2-8-18-48)49-19-9-3-10-20-49/h2,4-5,7-9,11-14,17-40,43-44H,3,6,10,15-16,41-42H2,1H3/b60-43+. The summed E-state index contributed by atoms with van der Waals surface area (Å²) in [4.78, 5) is 4.45. The molecular formula is C63H53N5O. The Morgan fingerprint density at radius 3 is 1.35 bits per heavy atom. The summed E-state index contributed by atoms with van der Waals surface area (Å²) in [5.74, 6) is 0.805. The van der Waals surface area contributed by atoms with Gasteiger partial charge in [0.1, 0.15) is 24.0 Å². The van der Waals surface area contributed by atoms with E-state index < -0.39 is 5.41 Å². The molecule has 69 heavy (non-hydrogen) atoms. The Labute approximate surface area is 406 Å². The summed E-state index contributed by atoms with van der Waals surface area (Å²) < 4.78 is 5.57. The number of methoxy groups -OCH3 is 1. The Kier molecular flexibility index (Phi) is 13.8. The van der Waals surface area contributed by atoms with Gasteiger partial charge < -0.3 is 14.5 Å². The van der Waals surface area contributed by atoms with Crippen LogP contribution in [0.5, 0.6) is 5.75 Å². The molecule has 2 aliphatic rings. The highest BCUT2D eigenvalue weighted by atomic mass is 16.5. The second-order valence-electron chi connectivity index (χ2n) is 17.6. The SMILES string of the molecule is COc1ccc(N(C=C(c2ccccc2)c2ccccc2)c2ccc(C3(c4ccc(N(/C=C(/C5=CCCC=C5)c5ccccc5)c5ccc(C(C#N)(C#N)C#N)cc5)cc4)CCCCC3)cc2)cc1. The molecule has 0 N–H and O–H groups in total. The van der Waals surface area contributed by atoms with Gasteiger partial charge in [0.2, 0.25) is 0 Å². The van der Waals surface area contributed by atoms with Gasteiger partial charge in [-0.15, -0.1) is 0 Å². The number of ether oxygens (including phenoxy) is 1. The first-order valence-corrected chi connectivity index (χ1v) is 23.7. The molecule has 0 spiro atoms. The van der Waals surface area contributed by atoms with Crippen LogP contribution >= 0.6 is 0 Å². The maximum atomic E-state index is 9.89. The molecule has 0 saturated heterocycles. The van der Waals surface area contributed by atoms with Crippen molar-refractivity contribution in [2.24, 2.45) is 0 Å². The summed E-state index contributed by atoms with van der Waals surface area (Å²) in [7, 11) is 1.70. The number of hydrogen-bond donors (Lipinski definition) is 0. The summed E-state index contributed by atoms with van der Waals surface area (Å²) in [6.45, 7) is 0. The number of anilines is 4. The molecule has 0 heterocycles. The minimum absolute atomic E-state index is 0.181. The van der Waals surface area contributed by atoms with Crippen molar-refractivity contribution in [2.75, 3.05) is 16.9 Å². The first-order chi connectivity index (χ1) is 34.0. The molecule has 0 radical (unpaired) electrons. The van der Waals surface area contributed by atoms with E-state index in [0.717, 1.165) is 100 Å². The second-order valence-corrected chi connectivity index (χ2v) is 17.6. The second kappa shape index (κ2) is 20.9. The van der Waals surface area contributed by atoms with E-state index in [2.05, 4.69) is 186 Å². The molecule has 0 aromatic heterocycles. The normalized spacial score (nSPS) is 14.2. The van der Waals surface area contributed by atoms with E-state index in [1.54, 1.807) is 19.2 Å². The lowest BCUT2D eigenvalue weighted by Gasteiger charge is -2.39. The zero-order valence-corrected chi connectivity index (χ0v) is 38.9. The number of nitriles is 3. The fourth-order valence-electron chi connectivity index (χ4n) is 9.82. The summed E-state index contributed by atoms with van der Waals surface area (Å²) in [6, 6.07) is 71.0. The fourth-order valence-corrected chi connectivity index (χ4v) is 9.82. The Morgan fingerprint density at radius 1 is 0.507 bits per heavy atom. The maximum Gasteiger partial charge on any atom is 0.253 e. The minimum Gasteiger partial charge on any atom is -0.497 e. The summed E-state index contributed by atoms with van der Waals surface area (Å²) >= 11 is 0. The van der Waals surface area contributed by atoms with E-state index in [-0.39, 0.29) is 5.41 Å². The minimum atomic E-state index is -1.89. The molecule has 336 valence electrons.